The first-order valence-electron chi connectivity index (χ1n) is 5.56. The van der Waals surface area contributed by atoms with Crippen LogP contribution in [0.4, 0.5) is 0 Å². The van der Waals surface area contributed by atoms with E-state index in [0.717, 1.165) is 10.4 Å². The van der Waals surface area contributed by atoms with Gasteiger partial charge in [-0.1, -0.05) is 0 Å². The third kappa shape index (κ3) is 4.71. The molecule has 0 radical (unpaired) electrons. The van der Waals surface area contributed by atoms with Gasteiger partial charge < -0.3 is 10.4 Å². The number of carboxylic acid groups (broad SMARTS) is 1. The maximum Gasteiger partial charge on any atom is 0.305 e. The highest BCUT2D eigenvalue weighted by Crippen LogP contribution is 2.17. The summed E-state index contributed by atoms with van der Waals surface area (Å²) in [6.07, 6.45) is 3.07. The SMILES string of the molecule is Cc1ccsc1C=CC(=O)NC(C)(C)CC(=O)O. The van der Waals surface area contributed by atoms with Crippen LogP contribution in [0.3, 0.4) is 0 Å². The Bertz CT molecular complexity index is 474. The van der Waals surface area contributed by atoms with Gasteiger partial charge in [0.15, 0.2) is 0 Å². The highest BCUT2D eigenvalue weighted by atomic mass is 32.1. The first-order valence-corrected chi connectivity index (χ1v) is 6.44. The lowest BCUT2D eigenvalue weighted by molar-refractivity contribution is -0.138. The van der Waals surface area contributed by atoms with Gasteiger partial charge in [0.2, 0.25) is 5.91 Å². The Kier molecular flexibility index (Phi) is 4.67. The smallest absolute Gasteiger partial charge is 0.305 e. The van der Waals surface area contributed by atoms with Gasteiger partial charge in [-0.2, -0.15) is 0 Å². The number of nitrogens with one attached hydrogen (secondary N) is 1. The van der Waals surface area contributed by atoms with Gasteiger partial charge in [0.1, 0.15) is 0 Å². The normalized spacial score (nSPS) is 11.7. The number of aliphatic carboxylic acids is 1. The first-order chi connectivity index (χ1) is 8.30. The third-order valence-corrected chi connectivity index (χ3v) is 3.33. The molecule has 0 aliphatic heterocycles. The lowest BCUT2D eigenvalue weighted by atomic mass is 10.0. The monoisotopic (exact) mass is 267 g/mol. The molecule has 4 nitrogen and oxygen atoms in total. The molecule has 5 heteroatoms. The summed E-state index contributed by atoms with van der Waals surface area (Å²) in [7, 11) is 0. The zero-order valence-electron chi connectivity index (χ0n) is 10.7. The molecular formula is C13H17NO3S. The molecule has 18 heavy (non-hydrogen) atoms. The Balaban J connectivity index is 2.59. The second kappa shape index (κ2) is 5.82. The Morgan fingerprint density at radius 3 is 2.67 bits per heavy atom. The molecule has 0 aliphatic rings. The summed E-state index contributed by atoms with van der Waals surface area (Å²) in [5.41, 5.74) is 0.367. The fourth-order valence-electron chi connectivity index (χ4n) is 1.50. The maximum atomic E-state index is 11.7. The van der Waals surface area contributed by atoms with Gasteiger partial charge in [0.25, 0.3) is 0 Å². The molecule has 0 atom stereocenters. The minimum atomic E-state index is -0.932. The number of carboxylic acids is 1. The van der Waals surface area contributed by atoms with E-state index in [2.05, 4.69) is 5.32 Å². The van der Waals surface area contributed by atoms with Gasteiger partial charge in [-0.15, -0.1) is 11.3 Å². The molecule has 1 aromatic rings. The molecule has 0 unspecified atom stereocenters. The third-order valence-electron chi connectivity index (χ3n) is 2.34. The lowest BCUT2D eigenvalue weighted by Crippen LogP contribution is -2.44. The maximum absolute atomic E-state index is 11.7. The summed E-state index contributed by atoms with van der Waals surface area (Å²) in [6.45, 7) is 5.34. The second-order valence-electron chi connectivity index (χ2n) is 4.74. The predicted molar refractivity (Wildman–Crippen MR) is 72.6 cm³/mol. The average molecular weight is 267 g/mol. The van der Waals surface area contributed by atoms with E-state index in [4.69, 9.17) is 5.11 Å². The molecule has 1 amide bonds. The number of amides is 1. The van der Waals surface area contributed by atoms with Gasteiger partial charge in [0, 0.05) is 16.5 Å². The molecule has 1 heterocycles. The van der Waals surface area contributed by atoms with E-state index in [1.165, 1.54) is 6.08 Å². The molecule has 1 rings (SSSR count). The van der Waals surface area contributed by atoms with Crippen molar-refractivity contribution in [3.63, 3.8) is 0 Å². The molecule has 0 spiro atoms. The highest BCUT2D eigenvalue weighted by Gasteiger charge is 2.22. The second-order valence-corrected chi connectivity index (χ2v) is 5.69. The van der Waals surface area contributed by atoms with Crippen molar-refractivity contribution in [2.75, 3.05) is 0 Å². The van der Waals surface area contributed by atoms with Crippen LogP contribution in [0.5, 0.6) is 0 Å². The Hall–Kier alpha value is -1.62. The highest BCUT2D eigenvalue weighted by molar-refractivity contribution is 7.11. The fourth-order valence-corrected chi connectivity index (χ4v) is 2.32. The van der Waals surface area contributed by atoms with Gasteiger partial charge >= 0.3 is 5.97 Å². The summed E-state index contributed by atoms with van der Waals surface area (Å²) in [5.74, 6) is -1.22. The first kappa shape index (κ1) is 14.4. The van der Waals surface area contributed by atoms with Crippen molar-refractivity contribution in [1.82, 2.24) is 5.32 Å². The van der Waals surface area contributed by atoms with Crippen molar-refractivity contribution >= 4 is 29.3 Å². The fraction of sp³-hybridized carbons (Fsp3) is 0.385. The number of hydrogen-bond acceptors (Lipinski definition) is 3. The van der Waals surface area contributed by atoms with Gasteiger partial charge in [-0.05, 0) is 43.9 Å². The van der Waals surface area contributed by atoms with Gasteiger partial charge in [-0.3, -0.25) is 9.59 Å². The van der Waals surface area contributed by atoms with Crippen LogP contribution in [0.2, 0.25) is 0 Å². The van der Waals surface area contributed by atoms with Crippen LogP contribution in [0.25, 0.3) is 6.08 Å². The number of thiophene rings is 1. The molecule has 0 aromatic carbocycles. The van der Waals surface area contributed by atoms with Crippen molar-refractivity contribution in [1.29, 1.82) is 0 Å². The van der Waals surface area contributed by atoms with E-state index in [9.17, 15) is 9.59 Å². The molecule has 0 saturated carbocycles. The number of carbonyl (C=O) groups is 2. The average Bonchev–Trinajstić information content (AvgIpc) is 2.58. The molecule has 0 aliphatic carbocycles. The van der Waals surface area contributed by atoms with Crippen LogP contribution in [0, 0.1) is 6.92 Å². The summed E-state index contributed by atoms with van der Waals surface area (Å²) >= 11 is 1.56. The van der Waals surface area contributed by atoms with Crippen molar-refractivity contribution in [2.24, 2.45) is 0 Å². The molecule has 1 aromatic heterocycles. The van der Waals surface area contributed by atoms with Crippen LogP contribution in [-0.4, -0.2) is 22.5 Å². The van der Waals surface area contributed by atoms with Crippen LogP contribution in [-0.2, 0) is 9.59 Å². The summed E-state index contributed by atoms with van der Waals surface area (Å²) < 4.78 is 0. The number of hydrogen-bond donors (Lipinski definition) is 2. The Morgan fingerprint density at radius 2 is 2.17 bits per heavy atom. The van der Waals surface area contributed by atoms with Crippen molar-refractivity contribution in [3.8, 4) is 0 Å². The van der Waals surface area contributed by atoms with Crippen molar-refractivity contribution in [2.45, 2.75) is 32.7 Å². The summed E-state index contributed by atoms with van der Waals surface area (Å²) in [6, 6.07) is 1.98. The minimum absolute atomic E-state index is 0.107. The summed E-state index contributed by atoms with van der Waals surface area (Å²) in [5, 5.41) is 13.3. The summed E-state index contributed by atoms with van der Waals surface area (Å²) in [4.78, 5) is 23.3. The van der Waals surface area contributed by atoms with Gasteiger partial charge in [-0.25, -0.2) is 0 Å². The van der Waals surface area contributed by atoms with Crippen LogP contribution in [0.15, 0.2) is 17.5 Å². The zero-order valence-corrected chi connectivity index (χ0v) is 11.5. The molecule has 2 N–H and O–H groups in total. The van der Waals surface area contributed by atoms with Crippen molar-refractivity contribution < 1.29 is 14.7 Å². The Labute approximate surface area is 110 Å². The van der Waals surface area contributed by atoms with E-state index < -0.39 is 11.5 Å². The number of rotatable bonds is 5. The van der Waals surface area contributed by atoms with E-state index in [1.54, 1.807) is 31.3 Å². The topological polar surface area (TPSA) is 66.4 Å². The van der Waals surface area contributed by atoms with Crippen LogP contribution in [0.1, 0.15) is 30.7 Å². The molecule has 0 fully saturated rings. The molecule has 0 saturated heterocycles. The number of aryl methyl sites for hydroxylation is 1. The van der Waals surface area contributed by atoms with Crippen LogP contribution < -0.4 is 5.32 Å². The number of carbonyl (C=O) groups excluding carboxylic acids is 1. The quantitative estimate of drug-likeness (QED) is 0.805. The standard InChI is InChI=1S/C13H17NO3S/c1-9-6-7-18-10(9)4-5-11(15)14-13(2,3)8-12(16)17/h4-7H,8H2,1-3H3,(H,14,15)(H,16,17). The molecule has 98 valence electrons. The zero-order chi connectivity index (χ0) is 13.8. The van der Waals surface area contributed by atoms with E-state index in [0.29, 0.717) is 0 Å². The van der Waals surface area contributed by atoms with Gasteiger partial charge in [0.05, 0.1) is 6.42 Å². The van der Waals surface area contributed by atoms with E-state index in [-0.39, 0.29) is 12.3 Å². The largest absolute Gasteiger partial charge is 0.481 e. The minimum Gasteiger partial charge on any atom is -0.481 e. The van der Waals surface area contributed by atoms with E-state index in [1.807, 2.05) is 18.4 Å². The van der Waals surface area contributed by atoms with E-state index >= 15 is 0 Å². The molecular weight excluding hydrogens is 250 g/mol. The predicted octanol–water partition coefficient (Wildman–Crippen LogP) is 2.44. The van der Waals surface area contributed by atoms with Crippen LogP contribution >= 0.6 is 11.3 Å². The Morgan fingerprint density at radius 1 is 1.50 bits per heavy atom. The lowest BCUT2D eigenvalue weighted by Gasteiger charge is -2.23. The molecule has 0 bridgehead atoms. The van der Waals surface area contributed by atoms with Crippen molar-refractivity contribution in [3.05, 3.63) is 28.0 Å².